The van der Waals surface area contributed by atoms with Crippen molar-refractivity contribution in [2.45, 2.75) is 39.7 Å². The SMILES string of the molecule is CC(C)(C)C(COC1CC1)CS(=O)(=O)Cl. The maximum absolute atomic E-state index is 11.1. The fourth-order valence-corrected chi connectivity index (χ4v) is 2.81. The summed E-state index contributed by atoms with van der Waals surface area (Å²) in [6, 6.07) is 0. The summed E-state index contributed by atoms with van der Waals surface area (Å²) in [5, 5.41) is 0. The average molecular weight is 255 g/mol. The monoisotopic (exact) mass is 254 g/mol. The maximum atomic E-state index is 11.1. The van der Waals surface area contributed by atoms with E-state index < -0.39 is 9.05 Å². The first-order valence-corrected chi connectivity index (χ1v) is 7.70. The standard InChI is InChI=1S/C10H19ClO3S/c1-10(2,3)8(7-15(11,12)13)6-14-9-4-5-9/h8-9H,4-7H2,1-3H3. The van der Waals surface area contributed by atoms with E-state index in [9.17, 15) is 8.42 Å². The van der Waals surface area contributed by atoms with Gasteiger partial charge in [0.25, 0.3) is 0 Å². The summed E-state index contributed by atoms with van der Waals surface area (Å²) in [4.78, 5) is 0. The van der Waals surface area contributed by atoms with Crippen LogP contribution in [0.15, 0.2) is 0 Å². The number of hydrogen-bond acceptors (Lipinski definition) is 3. The Balaban J connectivity index is 2.51. The van der Waals surface area contributed by atoms with Crippen molar-refractivity contribution in [2.24, 2.45) is 11.3 Å². The van der Waals surface area contributed by atoms with Crippen molar-refractivity contribution in [1.29, 1.82) is 0 Å². The normalized spacial score (nSPS) is 20.3. The predicted octanol–water partition coefficient (Wildman–Crippen LogP) is 2.40. The topological polar surface area (TPSA) is 43.4 Å². The predicted molar refractivity (Wildman–Crippen MR) is 61.6 cm³/mol. The van der Waals surface area contributed by atoms with Gasteiger partial charge < -0.3 is 4.74 Å². The largest absolute Gasteiger partial charge is 0.378 e. The molecular weight excluding hydrogens is 236 g/mol. The lowest BCUT2D eigenvalue weighted by Gasteiger charge is -2.29. The van der Waals surface area contributed by atoms with Gasteiger partial charge in [0.1, 0.15) is 0 Å². The van der Waals surface area contributed by atoms with Gasteiger partial charge in [0.05, 0.1) is 18.5 Å². The fraction of sp³-hybridized carbons (Fsp3) is 1.00. The molecule has 1 fully saturated rings. The van der Waals surface area contributed by atoms with Crippen LogP contribution in [0.1, 0.15) is 33.6 Å². The van der Waals surface area contributed by atoms with Crippen molar-refractivity contribution in [3.8, 4) is 0 Å². The van der Waals surface area contributed by atoms with E-state index in [-0.39, 0.29) is 17.1 Å². The second kappa shape index (κ2) is 4.60. The molecule has 1 aliphatic rings. The number of hydrogen-bond donors (Lipinski definition) is 0. The zero-order valence-corrected chi connectivity index (χ0v) is 11.1. The molecular formula is C10H19ClO3S. The van der Waals surface area contributed by atoms with Crippen molar-refractivity contribution in [3.63, 3.8) is 0 Å². The van der Waals surface area contributed by atoms with Crippen LogP contribution in [0.25, 0.3) is 0 Å². The molecule has 0 N–H and O–H groups in total. The van der Waals surface area contributed by atoms with Crippen molar-refractivity contribution in [1.82, 2.24) is 0 Å². The number of ether oxygens (including phenoxy) is 1. The molecule has 1 saturated carbocycles. The van der Waals surface area contributed by atoms with E-state index in [2.05, 4.69) is 0 Å². The van der Waals surface area contributed by atoms with Gasteiger partial charge in [-0.2, -0.15) is 0 Å². The second-order valence-electron chi connectivity index (χ2n) is 5.30. The van der Waals surface area contributed by atoms with Crippen LogP contribution in [0.4, 0.5) is 0 Å². The van der Waals surface area contributed by atoms with Crippen LogP contribution in [-0.4, -0.2) is 26.9 Å². The van der Waals surface area contributed by atoms with Crippen molar-refractivity contribution in [3.05, 3.63) is 0 Å². The van der Waals surface area contributed by atoms with Gasteiger partial charge in [-0.15, -0.1) is 0 Å². The highest BCUT2D eigenvalue weighted by Gasteiger charge is 2.31. The van der Waals surface area contributed by atoms with Gasteiger partial charge in [0, 0.05) is 16.6 Å². The summed E-state index contributed by atoms with van der Waals surface area (Å²) >= 11 is 0. The molecule has 0 aromatic heterocycles. The Morgan fingerprint density at radius 1 is 1.40 bits per heavy atom. The van der Waals surface area contributed by atoms with E-state index in [0.29, 0.717) is 12.7 Å². The lowest BCUT2D eigenvalue weighted by atomic mass is 9.82. The van der Waals surface area contributed by atoms with Crippen LogP contribution >= 0.6 is 10.7 Å². The Bertz CT molecular complexity index is 301. The van der Waals surface area contributed by atoms with Gasteiger partial charge in [-0.1, -0.05) is 20.8 Å². The Hall–Kier alpha value is 0.200. The molecule has 0 heterocycles. The molecule has 1 rings (SSSR count). The first-order valence-electron chi connectivity index (χ1n) is 5.22. The van der Waals surface area contributed by atoms with Crippen LogP contribution in [0.5, 0.6) is 0 Å². The highest BCUT2D eigenvalue weighted by Crippen LogP contribution is 2.31. The summed E-state index contributed by atoms with van der Waals surface area (Å²) in [5.74, 6) is -0.0503. The molecule has 90 valence electrons. The Morgan fingerprint density at radius 3 is 2.27 bits per heavy atom. The Morgan fingerprint density at radius 2 is 1.93 bits per heavy atom. The zero-order chi connectivity index (χ0) is 11.7. The van der Waals surface area contributed by atoms with Gasteiger partial charge in [-0.3, -0.25) is 0 Å². The Labute approximate surface area is 96.6 Å². The molecule has 1 atom stereocenters. The maximum Gasteiger partial charge on any atom is 0.232 e. The molecule has 5 heteroatoms. The highest BCUT2D eigenvalue weighted by molar-refractivity contribution is 8.13. The number of rotatable bonds is 5. The quantitative estimate of drug-likeness (QED) is 0.708. The van der Waals surface area contributed by atoms with Gasteiger partial charge >= 0.3 is 0 Å². The molecule has 0 bridgehead atoms. The van der Waals surface area contributed by atoms with E-state index in [1.165, 1.54) is 0 Å². The van der Waals surface area contributed by atoms with E-state index in [4.69, 9.17) is 15.4 Å². The van der Waals surface area contributed by atoms with E-state index >= 15 is 0 Å². The van der Waals surface area contributed by atoms with Gasteiger partial charge in [0.15, 0.2) is 0 Å². The van der Waals surface area contributed by atoms with Gasteiger partial charge in [0.2, 0.25) is 9.05 Å². The fourth-order valence-electron chi connectivity index (χ4n) is 1.28. The third-order valence-electron chi connectivity index (χ3n) is 2.68. The minimum atomic E-state index is -3.44. The molecule has 0 radical (unpaired) electrons. The zero-order valence-electron chi connectivity index (χ0n) is 9.49. The van der Waals surface area contributed by atoms with Crippen molar-refractivity contribution >= 4 is 19.7 Å². The van der Waals surface area contributed by atoms with Crippen LogP contribution < -0.4 is 0 Å². The second-order valence-corrected chi connectivity index (χ2v) is 8.12. The van der Waals surface area contributed by atoms with Crippen LogP contribution in [-0.2, 0) is 13.8 Å². The van der Waals surface area contributed by atoms with Crippen LogP contribution in [0, 0.1) is 11.3 Å². The van der Waals surface area contributed by atoms with Gasteiger partial charge in [-0.05, 0) is 18.3 Å². The average Bonchev–Trinajstić information content (AvgIpc) is 2.76. The lowest BCUT2D eigenvalue weighted by molar-refractivity contribution is 0.0548. The molecule has 1 unspecified atom stereocenters. The molecule has 0 saturated heterocycles. The van der Waals surface area contributed by atoms with E-state index in [1.54, 1.807) is 0 Å². The molecule has 0 aromatic rings. The Kier molecular flexibility index (Phi) is 4.07. The minimum absolute atomic E-state index is 0.00915. The summed E-state index contributed by atoms with van der Waals surface area (Å²) < 4.78 is 27.7. The third-order valence-corrected chi connectivity index (χ3v) is 3.86. The first-order chi connectivity index (χ1) is 6.68. The molecule has 15 heavy (non-hydrogen) atoms. The highest BCUT2D eigenvalue weighted by atomic mass is 35.7. The number of halogens is 1. The molecule has 0 spiro atoms. The van der Waals surface area contributed by atoms with Crippen LogP contribution in [0.3, 0.4) is 0 Å². The summed E-state index contributed by atoms with van der Waals surface area (Å²) in [6.07, 6.45) is 2.56. The summed E-state index contributed by atoms with van der Waals surface area (Å²) in [7, 11) is 1.84. The van der Waals surface area contributed by atoms with E-state index in [1.807, 2.05) is 20.8 Å². The van der Waals surface area contributed by atoms with Crippen LogP contribution in [0.2, 0.25) is 0 Å². The molecule has 1 aliphatic carbocycles. The smallest absolute Gasteiger partial charge is 0.232 e. The lowest BCUT2D eigenvalue weighted by Crippen LogP contribution is -2.31. The summed E-state index contributed by atoms with van der Waals surface area (Å²) in [6.45, 7) is 6.52. The third kappa shape index (κ3) is 5.73. The molecule has 0 aliphatic heterocycles. The minimum Gasteiger partial charge on any atom is -0.378 e. The van der Waals surface area contributed by atoms with Gasteiger partial charge in [-0.25, -0.2) is 8.42 Å². The molecule has 0 aromatic carbocycles. The molecule has 0 amide bonds. The van der Waals surface area contributed by atoms with Crippen molar-refractivity contribution < 1.29 is 13.2 Å². The summed E-state index contributed by atoms with van der Waals surface area (Å²) in [5.41, 5.74) is -0.100. The first kappa shape index (κ1) is 13.3. The molecule has 3 nitrogen and oxygen atoms in total. The van der Waals surface area contributed by atoms with Crippen molar-refractivity contribution in [2.75, 3.05) is 12.4 Å². The van der Waals surface area contributed by atoms with E-state index in [0.717, 1.165) is 12.8 Å².